The third kappa shape index (κ3) is 4.81. The van der Waals surface area contributed by atoms with Gasteiger partial charge in [0.05, 0.1) is 6.67 Å². The molecule has 0 spiro atoms. The Hall–Kier alpha value is -1.90. The van der Waals surface area contributed by atoms with Crippen molar-refractivity contribution in [1.29, 1.82) is 0 Å². The first kappa shape index (κ1) is 17.9. The van der Waals surface area contributed by atoms with Gasteiger partial charge in [0, 0.05) is 0 Å². The Kier molecular flexibility index (Phi) is 6.43. The van der Waals surface area contributed by atoms with Crippen molar-refractivity contribution < 1.29 is 13.5 Å². The number of halogens is 2. The van der Waals surface area contributed by atoms with Crippen LogP contribution in [-0.4, -0.2) is 13.5 Å². The van der Waals surface area contributed by atoms with Crippen molar-refractivity contribution in [1.82, 2.24) is 0 Å². The summed E-state index contributed by atoms with van der Waals surface area (Å²) in [5.41, 5.74) is 3.67. The predicted octanol–water partition coefficient (Wildman–Crippen LogP) is 6.68. The lowest BCUT2D eigenvalue weighted by Crippen LogP contribution is -2.13. The van der Waals surface area contributed by atoms with Gasteiger partial charge in [-0.25, -0.2) is 4.39 Å². The normalized spacial score (nSPS) is 20.4. The summed E-state index contributed by atoms with van der Waals surface area (Å²) in [6.45, 7) is -0.980. The Morgan fingerprint density at radius 2 is 1.40 bits per heavy atom. The number of alkyl halides is 2. The van der Waals surface area contributed by atoms with Crippen molar-refractivity contribution >= 4 is 0 Å². The first-order valence-corrected chi connectivity index (χ1v) is 9.25. The zero-order chi connectivity index (χ0) is 17.5. The minimum Gasteiger partial charge on any atom is -0.463 e. The Labute approximate surface area is 149 Å². The Morgan fingerprint density at radius 3 is 1.96 bits per heavy atom. The van der Waals surface area contributed by atoms with Gasteiger partial charge in [-0.2, -0.15) is 0 Å². The molecule has 1 aliphatic carbocycles. The molecule has 0 amide bonds. The van der Waals surface area contributed by atoms with E-state index >= 15 is 0 Å². The van der Waals surface area contributed by atoms with E-state index in [4.69, 9.17) is 4.74 Å². The van der Waals surface area contributed by atoms with E-state index in [9.17, 15) is 8.78 Å². The fraction of sp³-hybridized carbons (Fsp3) is 0.455. The highest BCUT2D eigenvalue weighted by molar-refractivity contribution is 5.64. The number of rotatable bonds is 7. The standard InChI is InChI=1S/C22H26F2O/c23-15-1-2-17-3-5-18(6-4-17)19-7-9-20(10-8-19)21-11-13-22(14-12-21)25-16-24/h7-14,17-18H,1-6,15-16H2. The van der Waals surface area contributed by atoms with Gasteiger partial charge in [-0.1, -0.05) is 36.4 Å². The van der Waals surface area contributed by atoms with Gasteiger partial charge in [-0.3, -0.25) is 4.39 Å². The van der Waals surface area contributed by atoms with Gasteiger partial charge in [0.1, 0.15) is 5.75 Å². The maximum Gasteiger partial charge on any atom is 0.228 e. The summed E-state index contributed by atoms with van der Waals surface area (Å²) >= 11 is 0. The molecule has 0 bridgehead atoms. The second-order valence-electron chi connectivity index (χ2n) is 6.95. The molecule has 3 heteroatoms. The molecular formula is C22H26F2O. The predicted molar refractivity (Wildman–Crippen MR) is 98.4 cm³/mol. The molecule has 2 aromatic carbocycles. The summed E-state index contributed by atoms with van der Waals surface area (Å²) in [5.74, 6) is 1.90. The fourth-order valence-electron chi connectivity index (χ4n) is 3.90. The van der Waals surface area contributed by atoms with Gasteiger partial charge >= 0.3 is 0 Å². The average molecular weight is 344 g/mol. The Balaban J connectivity index is 1.59. The van der Waals surface area contributed by atoms with Crippen molar-refractivity contribution in [3.8, 4) is 16.9 Å². The van der Waals surface area contributed by atoms with Crippen LogP contribution in [0, 0.1) is 5.92 Å². The van der Waals surface area contributed by atoms with E-state index in [2.05, 4.69) is 24.3 Å². The molecule has 0 N–H and O–H groups in total. The third-order valence-electron chi connectivity index (χ3n) is 5.38. The molecule has 1 aliphatic rings. The topological polar surface area (TPSA) is 9.23 Å². The van der Waals surface area contributed by atoms with Crippen LogP contribution < -0.4 is 4.74 Å². The molecule has 0 aromatic heterocycles. The molecule has 2 aromatic rings. The van der Waals surface area contributed by atoms with E-state index in [1.54, 1.807) is 12.1 Å². The second-order valence-corrected chi connectivity index (χ2v) is 6.95. The Morgan fingerprint density at radius 1 is 0.800 bits per heavy atom. The lowest BCUT2D eigenvalue weighted by molar-refractivity contribution is 0.192. The minimum absolute atomic E-state index is 0.178. The number of benzene rings is 2. The van der Waals surface area contributed by atoms with E-state index in [1.807, 2.05) is 12.1 Å². The summed E-state index contributed by atoms with van der Waals surface area (Å²) in [7, 11) is 0. The quantitative estimate of drug-likeness (QED) is 0.544. The van der Waals surface area contributed by atoms with Crippen LogP contribution in [0.2, 0.25) is 0 Å². The molecule has 0 aliphatic heterocycles. The van der Waals surface area contributed by atoms with Gasteiger partial charge in [0.25, 0.3) is 0 Å². The number of hydrogen-bond acceptors (Lipinski definition) is 1. The maximum absolute atomic E-state index is 12.3. The fourth-order valence-corrected chi connectivity index (χ4v) is 3.90. The molecule has 25 heavy (non-hydrogen) atoms. The van der Waals surface area contributed by atoms with Crippen molar-refractivity contribution in [3.05, 3.63) is 54.1 Å². The lowest BCUT2D eigenvalue weighted by atomic mass is 9.77. The van der Waals surface area contributed by atoms with Crippen LogP contribution in [0.1, 0.15) is 50.0 Å². The summed E-state index contributed by atoms with van der Waals surface area (Å²) in [6.07, 6.45) is 6.64. The van der Waals surface area contributed by atoms with Crippen LogP contribution >= 0.6 is 0 Å². The van der Waals surface area contributed by atoms with E-state index in [0.717, 1.165) is 29.9 Å². The van der Waals surface area contributed by atoms with Crippen LogP contribution in [0.15, 0.2) is 48.5 Å². The van der Waals surface area contributed by atoms with Crippen LogP contribution in [-0.2, 0) is 0 Å². The first-order valence-electron chi connectivity index (χ1n) is 9.25. The van der Waals surface area contributed by atoms with E-state index < -0.39 is 6.86 Å². The molecular weight excluding hydrogens is 318 g/mol. The molecule has 0 atom stereocenters. The molecule has 0 heterocycles. The average Bonchev–Trinajstić information content (AvgIpc) is 2.68. The highest BCUT2D eigenvalue weighted by Crippen LogP contribution is 2.38. The van der Waals surface area contributed by atoms with Crippen LogP contribution in [0.25, 0.3) is 11.1 Å². The van der Waals surface area contributed by atoms with Gasteiger partial charge in [0.15, 0.2) is 0 Å². The van der Waals surface area contributed by atoms with Crippen molar-refractivity contribution in [2.24, 2.45) is 5.92 Å². The second kappa shape index (κ2) is 8.98. The zero-order valence-electron chi connectivity index (χ0n) is 14.6. The SMILES string of the molecule is FCCCC1CCC(c2ccc(-c3ccc(OCF)cc3)cc2)CC1. The zero-order valence-corrected chi connectivity index (χ0v) is 14.6. The summed E-state index contributed by atoms with van der Waals surface area (Å²) in [5, 5.41) is 0. The molecule has 3 rings (SSSR count). The number of hydrogen-bond donors (Lipinski definition) is 0. The van der Waals surface area contributed by atoms with Crippen LogP contribution in [0.3, 0.4) is 0 Å². The summed E-state index contributed by atoms with van der Waals surface area (Å²) < 4.78 is 29.3. The van der Waals surface area contributed by atoms with Gasteiger partial charge < -0.3 is 4.74 Å². The van der Waals surface area contributed by atoms with Gasteiger partial charge in [-0.05, 0) is 79.2 Å². The molecule has 134 valence electrons. The van der Waals surface area contributed by atoms with E-state index in [-0.39, 0.29) is 6.67 Å². The smallest absolute Gasteiger partial charge is 0.228 e. The first-order chi connectivity index (χ1) is 12.3. The molecule has 0 saturated heterocycles. The minimum atomic E-state index is -0.802. The molecule has 1 fully saturated rings. The summed E-state index contributed by atoms with van der Waals surface area (Å²) in [4.78, 5) is 0. The molecule has 0 radical (unpaired) electrons. The Bertz CT molecular complexity index is 628. The van der Waals surface area contributed by atoms with Crippen LogP contribution in [0.4, 0.5) is 8.78 Å². The number of ether oxygens (including phenoxy) is 1. The van der Waals surface area contributed by atoms with Crippen molar-refractivity contribution in [2.45, 2.75) is 44.4 Å². The molecule has 1 saturated carbocycles. The van der Waals surface area contributed by atoms with E-state index in [0.29, 0.717) is 11.7 Å². The monoisotopic (exact) mass is 344 g/mol. The highest BCUT2D eigenvalue weighted by atomic mass is 19.1. The van der Waals surface area contributed by atoms with E-state index in [1.165, 1.54) is 31.2 Å². The van der Waals surface area contributed by atoms with Gasteiger partial charge in [0.2, 0.25) is 6.86 Å². The summed E-state index contributed by atoms with van der Waals surface area (Å²) in [6, 6.07) is 16.3. The van der Waals surface area contributed by atoms with Gasteiger partial charge in [-0.15, -0.1) is 0 Å². The lowest BCUT2D eigenvalue weighted by Gasteiger charge is -2.28. The van der Waals surface area contributed by atoms with Crippen LogP contribution in [0.5, 0.6) is 5.75 Å². The van der Waals surface area contributed by atoms with Crippen molar-refractivity contribution in [2.75, 3.05) is 13.5 Å². The van der Waals surface area contributed by atoms with Crippen molar-refractivity contribution in [3.63, 3.8) is 0 Å². The highest BCUT2D eigenvalue weighted by Gasteiger charge is 2.22. The molecule has 0 unspecified atom stereocenters. The largest absolute Gasteiger partial charge is 0.463 e. The molecule has 1 nitrogen and oxygen atoms in total. The third-order valence-corrected chi connectivity index (χ3v) is 5.38. The maximum atomic E-state index is 12.3.